The molecule has 1 amide bonds. The Morgan fingerprint density at radius 2 is 1.42 bits per heavy atom. The van der Waals surface area contributed by atoms with Crippen LogP contribution in [0.15, 0.2) is 34.1 Å². The number of carbonyl (C=O) groups excluding carboxylic acids is 2. The van der Waals surface area contributed by atoms with Crippen molar-refractivity contribution in [1.82, 2.24) is 0 Å². The second-order valence-electron chi connectivity index (χ2n) is 5.39. The topological polar surface area (TPSA) is 175 Å². The van der Waals surface area contributed by atoms with E-state index in [2.05, 4.69) is 5.32 Å². The van der Waals surface area contributed by atoms with E-state index < -0.39 is 53.9 Å². The van der Waals surface area contributed by atoms with Crippen LogP contribution in [-0.4, -0.2) is 42.7 Å². The third-order valence-electron chi connectivity index (χ3n) is 3.27. The molecule has 0 saturated heterocycles. The third-order valence-corrected chi connectivity index (χ3v) is 4.94. The minimum Gasteiger partial charge on any atom is -0.507 e. The number of aromatic hydroxyl groups is 1. The van der Waals surface area contributed by atoms with Gasteiger partial charge < -0.3 is 10.4 Å². The van der Waals surface area contributed by atoms with Gasteiger partial charge in [0.05, 0.1) is 21.9 Å². The monoisotopic (exact) mass is 403 g/mol. The molecule has 10 nitrogen and oxygen atoms in total. The van der Waals surface area contributed by atoms with Gasteiger partial charge in [-0.3, -0.25) is 18.7 Å². The Kier molecular flexibility index (Phi) is 5.05. The van der Waals surface area contributed by atoms with E-state index in [1.807, 2.05) is 0 Å². The molecule has 4 N–H and O–H groups in total. The maximum absolute atomic E-state index is 11.8. The molecule has 0 aliphatic carbocycles. The lowest BCUT2D eigenvalue weighted by Gasteiger charge is -2.12. The highest BCUT2D eigenvalue weighted by Gasteiger charge is 2.20. The van der Waals surface area contributed by atoms with Gasteiger partial charge in [0, 0.05) is 16.8 Å². The average molecular weight is 403 g/mol. The average Bonchev–Trinajstić information content (AvgIpc) is 2.44. The van der Waals surface area contributed by atoms with Gasteiger partial charge in [-0.1, -0.05) is 0 Å². The maximum Gasteiger partial charge on any atom is 0.294 e. The van der Waals surface area contributed by atoms with Crippen LogP contribution in [0.3, 0.4) is 0 Å². The van der Waals surface area contributed by atoms with E-state index in [1.165, 1.54) is 0 Å². The highest BCUT2D eigenvalue weighted by molar-refractivity contribution is 7.86. The third kappa shape index (κ3) is 4.35. The summed E-state index contributed by atoms with van der Waals surface area (Å²) in [6.45, 7) is 1.15. The zero-order valence-electron chi connectivity index (χ0n) is 13.1. The fourth-order valence-electron chi connectivity index (χ4n) is 2.21. The lowest BCUT2D eigenvalue weighted by molar-refractivity contribution is -0.124. The number of ketones is 1. The van der Waals surface area contributed by atoms with Crippen LogP contribution in [0, 0.1) is 0 Å². The molecular weight excluding hydrogens is 390 g/mol. The molecular formula is C14H13NO9S2. The summed E-state index contributed by atoms with van der Waals surface area (Å²) in [4.78, 5) is 21.5. The summed E-state index contributed by atoms with van der Waals surface area (Å²) in [5.41, 5.74) is -0.290. The molecule has 0 aliphatic rings. The molecule has 2 rings (SSSR count). The Morgan fingerprint density at radius 3 is 1.92 bits per heavy atom. The molecule has 0 aliphatic heterocycles. The molecule has 0 radical (unpaired) electrons. The van der Waals surface area contributed by atoms with Crippen LogP contribution in [-0.2, 0) is 29.8 Å². The fourth-order valence-corrected chi connectivity index (χ4v) is 3.27. The summed E-state index contributed by atoms with van der Waals surface area (Å²) in [6, 6.07) is 3.24. The van der Waals surface area contributed by atoms with Crippen LogP contribution in [0.2, 0.25) is 0 Å². The number of Topliss-reactive ketones (excluding diaryl/α,β-unsaturated/α-hetero) is 1. The lowest BCUT2D eigenvalue weighted by atomic mass is 10.1. The normalized spacial score (nSPS) is 12.1. The van der Waals surface area contributed by atoms with E-state index >= 15 is 0 Å². The predicted octanol–water partition coefficient (Wildman–Crippen LogP) is 0.956. The molecule has 0 aromatic heterocycles. The number of anilines is 1. The molecule has 0 bridgehead atoms. The molecule has 2 aromatic rings. The summed E-state index contributed by atoms with van der Waals surface area (Å²) in [6.07, 6.45) is -0.540. The first kappa shape index (κ1) is 19.8. The summed E-state index contributed by atoms with van der Waals surface area (Å²) < 4.78 is 63.8. The van der Waals surface area contributed by atoms with Crippen LogP contribution in [0.4, 0.5) is 5.69 Å². The van der Waals surface area contributed by atoms with Crippen molar-refractivity contribution >= 4 is 48.4 Å². The van der Waals surface area contributed by atoms with Crippen molar-refractivity contribution in [2.75, 3.05) is 5.32 Å². The van der Waals surface area contributed by atoms with Crippen LogP contribution >= 0.6 is 0 Å². The molecule has 2 aromatic carbocycles. The molecule has 0 saturated carbocycles. The Morgan fingerprint density at radius 1 is 0.923 bits per heavy atom. The van der Waals surface area contributed by atoms with Gasteiger partial charge in [-0.25, -0.2) is 0 Å². The predicted molar refractivity (Wildman–Crippen MR) is 89.2 cm³/mol. The first-order valence-electron chi connectivity index (χ1n) is 6.84. The summed E-state index contributed by atoms with van der Waals surface area (Å²) in [7, 11) is -9.44. The smallest absolute Gasteiger partial charge is 0.294 e. The van der Waals surface area contributed by atoms with E-state index in [4.69, 9.17) is 4.55 Å². The van der Waals surface area contributed by atoms with Gasteiger partial charge in [0.25, 0.3) is 20.2 Å². The van der Waals surface area contributed by atoms with Crippen molar-refractivity contribution in [3.63, 3.8) is 0 Å². The molecule has 140 valence electrons. The summed E-state index contributed by atoms with van der Waals surface area (Å²) in [5.74, 6) is -2.04. The van der Waals surface area contributed by atoms with Crippen LogP contribution in [0.25, 0.3) is 10.8 Å². The number of hydrogen-bond acceptors (Lipinski definition) is 7. The van der Waals surface area contributed by atoms with Gasteiger partial charge in [0.2, 0.25) is 5.91 Å². The zero-order valence-corrected chi connectivity index (χ0v) is 14.8. The molecule has 0 fully saturated rings. The highest BCUT2D eigenvalue weighted by atomic mass is 32.2. The van der Waals surface area contributed by atoms with Gasteiger partial charge in [0.15, 0.2) is 0 Å². The van der Waals surface area contributed by atoms with Gasteiger partial charge in [0.1, 0.15) is 11.5 Å². The van der Waals surface area contributed by atoms with E-state index in [0.717, 1.165) is 25.1 Å². The number of phenolic OH excluding ortho intramolecular Hbond substituents is 1. The standard InChI is InChI=1S/C14H13NO9S2/c1-7(16)2-14(18)15-12-5-8(25(19,20)21)4-11-10(12)3-9(6-13(11)17)26(22,23)24/h3-6,17H,2H2,1H3,(H,15,18)(H,19,20,21)(H,22,23,24). The molecule has 0 spiro atoms. The number of carbonyl (C=O) groups is 2. The number of benzene rings is 2. The van der Waals surface area contributed by atoms with Crippen molar-refractivity contribution in [2.24, 2.45) is 0 Å². The number of rotatable bonds is 5. The van der Waals surface area contributed by atoms with Gasteiger partial charge >= 0.3 is 0 Å². The molecule has 26 heavy (non-hydrogen) atoms. The molecule has 0 atom stereocenters. The van der Waals surface area contributed by atoms with E-state index in [-0.39, 0.29) is 16.5 Å². The van der Waals surface area contributed by atoms with E-state index in [1.54, 1.807) is 0 Å². The molecule has 0 heterocycles. The first-order chi connectivity index (χ1) is 11.8. The van der Waals surface area contributed by atoms with Crippen LogP contribution < -0.4 is 5.32 Å². The Bertz CT molecular complexity index is 1130. The van der Waals surface area contributed by atoms with Crippen molar-refractivity contribution in [3.05, 3.63) is 24.3 Å². The molecule has 0 unspecified atom stereocenters. The van der Waals surface area contributed by atoms with E-state index in [0.29, 0.717) is 6.07 Å². The van der Waals surface area contributed by atoms with Crippen molar-refractivity contribution in [2.45, 2.75) is 23.1 Å². The quantitative estimate of drug-likeness (QED) is 0.418. The molecule has 12 heteroatoms. The van der Waals surface area contributed by atoms with Gasteiger partial charge in [-0.2, -0.15) is 16.8 Å². The largest absolute Gasteiger partial charge is 0.507 e. The zero-order chi connectivity index (χ0) is 19.9. The first-order valence-corrected chi connectivity index (χ1v) is 9.72. The van der Waals surface area contributed by atoms with Gasteiger partial charge in [-0.05, 0) is 25.1 Å². The van der Waals surface area contributed by atoms with Crippen molar-refractivity contribution in [3.8, 4) is 5.75 Å². The van der Waals surface area contributed by atoms with Crippen molar-refractivity contribution < 1.29 is 40.6 Å². The Balaban J connectivity index is 2.81. The highest BCUT2D eigenvalue weighted by Crippen LogP contribution is 2.35. The van der Waals surface area contributed by atoms with Crippen LogP contribution in [0.1, 0.15) is 13.3 Å². The second kappa shape index (κ2) is 6.64. The van der Waals surface area contributed by atoms with Crippen molar-refractivity contribution in [1.29, 1.82) is 0 Å². The number of amides is 1. The fraction of sp³-hybridized carbons (Fsp3) is 0.143. The van der Waals surface area contributed by atoms with Gasteiger partial charge in [-0.15, -0.1) is 0 Å². The Hall–Kier alpha value is -2.54. The number of fused-ring (bicyclic) bond motifs is 1. The maximum atomic E-state index is 11.8. The summed E-state index contributed by atoms with van der Waals surface area (Å²) in [5, 5.41) is 11.8. The Labute approximate surface area is 147 Å². The van der Waals surface area contributed by atoms with E-state index in [9.17, 15) is 36.1 Å². The summed E-state index contributed by atoms with van der Waals surface area (Å²) >= 11 is 0. The minimum absolute atomic E-state index is 0.137. The number of nitrogens with one attached hydrogen (secondary N) is 1. The number of hydrogen-bond donors (Lipinski definition) is 4. The lowest BCUT2D eigenvalue weighted by Crippen LogP contribution is -2.15. The van der Waals surface area contributed by atoms with Crippen LogP contribution in [0.5, 0.6) is 5.75 Å². The SMILES string of the molecule is CC(=O)CC(=O)Nc1cc(S(=O)(=O)O)cc2c(O)cc(S(=O)(=O)O)cc12. The minimum atomic E-state index is -4.73. The second-order valence-corrected chi connectivity index (χ2v) is 8.23. The number of phenols is 1.